The van der Waals surface area contributed by atoms with Crippen LogP contribution >= 0.6 is 23.4 Å². The first-order valence-corrected chi connectivity index (χ1v) is 11.1. The second kappa shape index (κ2) is 10.8. The molecule has 4 nitrogen and oxygen atoms in total. The normalized spacial score (nSPS) is 12.2. The summed E-state index contributed by atoms with van der Waals surface area (Å²) >= 11 is 6.71. The van der Waals surface area contributed by atoms with Crippen LogP contribution in [0.25, 0.3) is 0 Å². The van der Waals surface area contributed by atoms with E-state index in [2.05, 4.69) is 5.32 Å². The molecule has 3 aromatic carbocycles. The van der Waals surface area contributed by atoms with Crippen molar-refractivity contribution in [3.8, 4) is 0 Å². The number of hydrogen-bond acceptors (Lipinski definition) is 3. The molecule has 0 saturated carbocycles. The van der Waals surface area contributed by atoms with Crippen molar-refractivity contribution in [3.63, 3.8) is 0 Å². The van der Waals surface area contributed by atoms with Crippen LogP contribution in [0.5, 0.6) is 0 Å². The Bertz CT molecular complexity index is 1310. The molecule has 0 aromatic heterocycles. The quantitative estimate of drug-likeness (QED) is 0.193. The molecule has 190 valence electrons. The Kier molecular flexibility index (Phi) is 8.19. The maximum atomic E-state index is 14.1. The summed E-state index contributed by atoms with van der Waals surface area (Å²) in [5.41, 5.74) is -3.80. The van der Waals surface area contributed by atoms with Gasteiger partial charge in [0.1, 0.15) is 11.3 Å². The van der Waals surface area contributed by atoms with Gasteiger partial charge in [-0.05, 0) is 43.3 Å². The monoisotopic (exact) mass is 550 g/mol. The fraction of sp³-hybridized carbons (Fsp3) is 0.130. The highest BCUT2D eigenvalue weighted by atomic mass is 35.5. The van der Waals surface area contributed by atoms with Crippen molar-refractivity contribution in [1.29, 1.82) is 0 Å². The van der Waals surface area contributed by atoms with Gasteiger partial charge in [0.25, 0.3) is 5.91 Å². The molecule has 0 radical (unpaired) electrons. The summed E-state index contributed by atoms with van der Waals surface area (Å²) in [6.45, 7) is 1.28. The van der Waals surface area contributed by atoms with Crippen molar-refractivity contribution in [2.24, 2.45) is 0 Å². The molecule has 0 bridgehead atoms. The molecule has 1 unspecified atom stereocenters. The topological polar surface area (TPSA) is 58.2 Å². The van der Waals surface area contributed by atoms with Crippen LogP contribution in [0, 0.1) is 23.3 Å². The molecule has 2 amide bonds. The zero-order chi connectivity index (χ0) is 26.8. The number of thioether (sulfide) groups is 1. The lowest BCUT2D eigenvalue weighted by Gasteiger charge is -2.16. The molecule has 0 heterocycles. The average Bonchev–Trinajstić information content (AvgIpc) is 2.79. The molecule has 1 atom stereocenters. The number of benzene rings is 3. The summed E-state index contributed by atoms with van der Waals surface area (Å²) in [6.07, 6.45) is -5.70. The highest BCUT2D eigenvalue weighted by molar-refractivity contribution is 8.00. The predicted octanol–water partition coefficient (Wildman–Crippen LogP) is 7.29. The Morgan fingerprint density at radius 3 is 2.08 bits per heavy atom. The number of anilines is 2. The lowest BCUT2D eigenvalue weighted by Crippen LogP contribution is -2.25. The first kappa shape index (κ1) is 27.3. The van der Waals surface area contributed by atoms with Gasteiger partial charge in [-0.25, -0.2) is 17.6 Å². The van der Waals surface area contributed by atoms with Gasteiger partial charge in [-0.1, -0.05) is 23.7 Å². The Balaban J connectivity index is 1.74. The molecule has 0 saturated heterocycles. The largest absolute Gasteiger partial charge is 0.422 e. The molecule has 3 aromatic rings. The van der Waals surface area contributed by atoms with Gasteiger partial charge >= 0.3 is 6.18 Å². The van der Waals surface area contributed by atoms with Crippen LogP contribution in [-0.2, 0) is 11.0 Å². The molecule has 2 N–H and O–H groups in total. The third-order valence-corrected chi connectivity index (χ3v) is 5.98. The summed E-state index contributed by atoms with van der Waals surface area (Å²) in [5, 5.41) is 3.45. The Hall–Kier alpha value is -3.25. The van der Waals surface area contributed by atoms with Gasteiger partial charge in [0.2, 0.25) is 5.91 Å². The van der Waals surface area contributed by atoms with E-state index in [0.29, 0.717) is 15.6 Å². The van der Waals surface area contributed by atoms with Gasteiger partial charge in [-0.3, -0.25) is 9.59 Å². The molecule has 0 fully saturated rings. The molecule has 36 heavy (non-hydrogen) atoms. The maximum absolute atomic E-state index is 14.1. The molecule has 0 spiro atoms. The van der Waals surface area contributed by atoms with Crippen molar-refractivity contribution in [2.45, 2.75) is 23.2 Å². The predicted molar refractivity (Wildman–Crippen MR) is 121 cm³/mol. The van der Waals surface area contributed by atoms with Gasteiger partial charge in [-0.2, -0.15) is 13.2 Å². The Morgan fingerprint density at radius 1 is 0.889 bits per heavy atom. The van der Waals surface area contributed by atoms with Gasteiger partial charge in [-0.15, -0.1) is 11.8 Å². The van der Waals surface area contributed by atoms with E-state index in [-0.39, 0.29) is 5.56 Å². The lowest BCUT2D eigenvalue weighted by atomic mass is 10.1. The Morgan fingerprint density at radius 2 is 1.50 bits per heavy atom. The molecule has 13 heteroatoms. The van der Waals surface area contributed by atoms with E-state index in [4.69, 9.17) is 11.6 Å². The van der Waals surface area contributed by atoms with Crippen molar-refractivity contribution in [1.82, 2.24) is 0 Å². The van der Waals surface area contributed by atoms with Gasteiger partial charge < -0.3 is 10.6 Å². The number of amides is 2. The number of alkyl halides is 3. The number of rotatable bonds is 6. The van der Waals surface area contributed by atoms with Crippen LogP contribution in [0.15, 0.2) is 53.4 Å². The number of hydrogen-bond donors (Lipinski definition) is 2. The van der Waals surface area contributed by atoms with Crippen LogP contribution in [0.1, 0.15) is 22.8 Å². The standard InChI is InChI=1S/C23H14ClF7N2O2S/c1-10(21(34)33-20-18(27)16(25)15(23(29,30)31)17(26)19(20)28)36-14-7-3-6-13(9-14)32-22(35)11-4-2-5-12(24)8-11/h2-10H,1H3,(H,32,35)(H,33,34). The van der Waals surface area contributed by atoms with E-state index < -0.39 is 57.8 Å². The molecule has 0 aliphatic heterocycles. The van der Waals surface area contributed by atoms with Gasteiger partial charge in [0.05, 0.1) is 5.25 Å². The first-order chi connectivity index (χ1) is 16.8. The summed E-state index contributed by atoms with van der Waals surface area (Å²) in [5.74, 6) is -11.8. The van der Waals surface area contributed by atoms with E-state index in [1.165, 1.54) is 25.1 Å². The van der Waals surface area contributed by atoms with Crippen LogP contribution in [0.4, 0.5) is 42.1 Å². The number of carbonyl (C=O) groups excluding carboxylic acids is 2. The van der Waals surface area contributed by atoms with Crippen molar-refractivity contribution < 1.29 is 40.3 Å². The second-order valence-electron chi connectivity index (χ2n) is 7.25. The second-order valence-corrected chi connectivity index (χ2v) is 9.10. The summed E-state index contributed by atoms with van der Waals surface area (Å²) < 4.78 is 93.9. The summed E-state index contributed by atoms with van der Waals surface area (Å²) in [6, 6.07) is 12.3. The van der Waals surface area contributed by atoms with Crippen LogP contribution in [0.3, 0.4) is 0 Å². The van der Waals surface area contributed by atoms with Gasteiger partial charge in [0.15, 0.2) is 23.3 Å². The number of nitrogens with one attached hydrogen (secondary N) is 2. The lowest BCUT2D eigenvalue weighted by molar-refractivity contribution is -0.143. The number of carbonyl (C=O) groups is 2. The van der Waals surface area contributed by atoms with Crippen molar-refractivity contribution in [3.05, 3.63) is 87.9 Å². The number of halogens is 8. The zero-order valence-corrected chi connectivity index (χ0v) is 19.5. The average molecular weight is 551 g/mol. The zero-order valence-electron chi connectivity index (χ0n) is 17.9. The fourth-order valence-corrected chi connectivity index (χ4v) is 4.07. The smallest absolute Gasteiger partial charge is 0.322 e. The minimum atomic E-state index is -5.70. The van der Waals surface area contributed by atoms with Gasteiger partial charge in [0, 0.05) is 21.2 Å². The maximum Gasteiger partial charge on any atom is 0.422 e. The van der Waals surface area contributed by atoms with Crippen LogP contribution < -0.4 is 10.6 Å². The summed E-state index contributed by atoms with van der Waals surface area (Å²) in [4.78, 5) is 25.2. The fourth-order valence-electron chi connectivity index (χ4n) is 2.95. The molecular formula is C23H14ClF7N2O2S. The van der Waals surface area contributed by atoms with Crippen LogP contribution in [-0.4, -0.2) is 17.1 Å². The van der Waals surface area contributed by atoms with Crippen LogP contribution in [0.2, 0.25) is 5.02 Å². The molecule has 3 rings (SSSR count). The van der Waals surface area contributed by atoms with E-state index in [1.54, 1.807) is 35.6 Å². The molecular weight excluding hydrogens is 537 g/mol. The van der Waals surface area contributed by atoms with E-state index in [0.717, 1.165) is 11.8 Å². The van der Waals surface area contributed by atoms with Crippen molar-refractivity contribution in [2.75, 3.05) is 10.6 Å². The van der Waals surface area contributed by atoms with E-state index in [9.17, 15) is 40.3 Å². The minimum Gasteiger partial charge on any atom is -0.322 e. The minimum absolute atomic E-state index is 0.286. The third kappa shape index (κ3) is 6.11. The highest BCUT2D eigenvalue weighted by Gasteiger charge is 2.42. The first-order valence-electron chi connectivity index (χ1n) is 9.87. The summed E-state index contributed by atoms with van der Waals surface area (Å²) in [7, 11) is 0. The van der Waals surface area contributed by atoms with E-state index in [1.807, 2.05) is 0 Å². The molecule has 0 aliphatic rings. The van der Waals surface area contributed by atoms with Crippen molar-refractivity contribution >= 4 is 46.6 Å². The SMILES string of the molecule is CC(Sc1cccc(NC(=O)c2cccc(Cl)c2)c1)C(=O)Nc1c(F)c(F)c(C(F)(F)F)c(F)c1F. The third-order valence-electron chi connectivity index (χ3n) is 4.66. The molecule has 0 aliphatic carbocycles. The Labute approximate surface area is 208 Å². The highest BCUT2D eigenvalue weighted by Crippen LogP contribution is 2.38. The van der Waals surface area contributed by atoms with E-state index >= 15 is 0 Å².